The van der Waals surface area contributed by atoms with Crippen molar-refractivity contribution in [3.8, 4) is 0 Å². The molecule has 0 aliphatic carbocycles. The first-order valence-electron chi connectivity index (χ1n) is 5.47. The van der Waals surface area contributed by atoms with Gasteiger partial charge in [-0.3, -0.25) is 4.79 Å². The van der Waals surface area contributed by atoms with Crippen molar-refractivity contribution in [2.24, 2.45) is 0 Å². The molecular formula is C12H15F2NO2S. The van der Waals surface area contributed by atoms with E-state index >= 15 is 0 Å². The number of hydrogen-bond donors (Lipinski definition) is 1. The Morgan fingerprint density at radius 1 is 1.44 bits per heavy atom. The van der Waals surface area contributed by atoms with Crippen LogP contribution in [0.1, 0.15) is 6.92 Å². The average Bonchev–Trinajstić information content (AvgIpc) is 2.37. The molecule has 0 spiro atoms. The summed E-state index contributed by atoms with van der Waals surface area (Å²) in [6.07, 6.45) is 0. The third-order valence-electron chi connectivity index (χ3n) is 2.24. The fourth-order valence-corrected chi connectivity index (χ4v) is 2.31. The molecule has 3 nitrogen and oxygen atoms in total. The van der Waals surface area contributed by atoms with Gasteiger partial charge in [0.05, 0.1) is 7.11 Å². The maximum atomic E-state index is 13.0. The molecule has 0 saturated heterocycles. The first kappa shape index (κ1) is 14.9. The number of carbonyl (C=O) groups excluding carboxylic acids is 1. The van der Waals surface area contributed by atoms with E-state index in [0.717, 1.165) is 12.1 Å². The number of carbonyl (C=O) groups is 1. The van der Waals surface area contributed by atoms with E-state index in [9.17, 15) is 13.6 Å². The van der Waals surface area contributed by atoms with Crippen LogP contribution in [0.15, 0.2) is 23.1 Å². The number of likely N-dealkylation sites (N-methyl/N-ethyl adjacent to an activating group) is 1. The van der Waals surface area contributed by atoms with Crippen LogP contribution in [0.2, 0.25) is 0 Å². The van der Waals surface area contributed by atoms with Gasteiger partial charge in [0, 0.05) is 10.6 Å². The van der Waals surface area contributed by atoms with Gasteiger partial charge < -0.3 is 10.1 Å². The van der Waals surface area contributed by atoms with Crippen molar-refractivity contribution in [2.75, 3.05) is 19.4 Å². The maximum absolute atomic E-state index is 13.0. The van der Waals surface area contributed by atoms with Crippen LogP contribution in [0.5, 0.6) is 0 Å². The topological polar surface area (TPSA) is 38.3 Å². The van der Waals surface area contributed by atoms with Gasteiger partial charge in [-0.15, -0.1) is 11.8 Å². The molecule has 0 heterocycles. The molecule has 1 aromatic rings. The van der Waals surface area contributed by atoms with Gasteiger partial charge in [-0.05, 0) is 24.7 Å². The zero-order valence-corrected chi connectivity index (χ0v) is 11.0. The summed E-state index contributed by atoms with van der Waals surface area (Å²) in [5, 5.41) is 2.97. The van der Waals surface area contributed by atoms with E-state index in [2.05, 4.69) is 10.1 Å². The fraction of sp³-hybridized carbons (Fsp3) is 0.417. The highest BCUT2D eigenvalue weighted by molar-refractivity contribution is 7.99. The molecule has 0 aromatic heterocycles. The minimum atomic E-state index is -0.891. The lowest BCUT2D eigenvalue weighted by Crippen LogP contribution is -2.39. The fourth-order valence-electron chi connectivity index (χ4n) is 1.35. The molecule has 0 radical (unpaired) electrons. The van der Waals surface area contributed by atoms with Gasteiger partial charge >= 0.3 is 5.97 Å². The highest BCUT2D eigenvalue weighted by Crippen LogP contribution is 2.21. The van der Waals surface area contributed by atoms with E-state index < -0.39 is 17.7 Å². The lowest BCUT2D eigenvalue weighted by molar-refractivity contribution is -0.142. The first-order chi connectivity index (χ1) is 8.58. The summed E-state index contributed by atoms with van der Waals surface area (Å²) in [5.74, 6) is -1.74. The van der Waals surface area contributed by atoms with Crippen LogP contribution in [0.3, 0.4) is 0 Å². The lowest BCUT2D eigenvalue weighted by atomic mass is 10.3. The van der Waals surface area contributed by atoms with Gasteiger partial charge in [-0.25, -0.2) is 8.78 Å². The predicted molar refractivity (Wildman–Crippen MR) is 66.6 cm³/mol. The van der Waals surface area contributed by atoms with Crippen molar-refractivity contribution in [2.45, 2.75) is 17.9 Å². The second-order valence-electron chi connectivity index (χ2n) is 3.52. The molecule has 1 aromatic carbocycles. The zero-order valence-electron chi connectivity index (χ0n) is 10.2. The molecule has 1 rings (SSSR count). The minimum absolute atomic E-state index is 0.369. The van der Waals surface area contributed by atoms with Crippen molar-refractivity contribution in [1.29, 1.82) is 0 Å². The third kappa shape index (κ3) is 4.27. The number of hydrogen-bond acceptors (Lipinski definition) is 4. The van der Waals surface area contributed by atoms with Gasteiger partial charge in [-0.2, -0.15) is 0 Å². The summed E-state index contributed by atoms with van der Waals surface area (Å²) in [5.41, 5.74) is 0. The second kappa shape index (κ2) is 7.33. The maximum Gasteiger partial charge on any atom is 0.323 e. The Morgan fingerprint density at radius 2 is 2.17 bits per heavy atom. The number of thioether (sulfide) groups is 1. The van der Waals surface area contributed by atoms with Crippen molar-refractivity contribution in [3.05, 3.63) is 29.8 Å². The molecule has 100 valence electrons. The number of methoxy groups -OCH3 is 1. The van der Waals surface area contributed by atoms with E-state index in [1.54, 1.807) is 0 Å². The summed E-state index contributed by atoms with van der Waals surface area (Å²) in [6.45, 7) is 2.50. The zero-order chi connectivity index (χ0) is 13.5. The number of esters is 1. The van der Waals surface area contributed by atoms with E-state index in [-0.39, 0.29) is 5.97 Å². The van der Waals surface area contributed by atoms with Crippen molar-refractivity contribution >= 4 is 17.7 Å². The Labute approximate surface area is 109 Å². The summed E-state index contributed by atoms with van der Waals surface area (Å²) < 4.78 is 30.4. The highest BCUT2D eigenvalue weighted by Gasteiger charge is 2.18. The number of halogens is 2. The Bertz CT molecular complexity index is 415. The Kier molecular flexibility index (Phi) is 6.07. The summed E-state index contributed by atoms with van der Waals surface area (Å²) in [4.78, 5) is 12.0. The summed E-state index contributed by atoms with van der Waals surface area (Å²) in [7, 11) is 1.31. The first-order valence-corrected chi connectivity index (χ1v) is 6.46. The van der Waals surface area contributed by atoms with E-state index in [1.807, 2.05) is 6.92 Å². The van der Waals surface area contributed by atoms with E-state index in [1.165, 1.54) is 24.9 Å². The average molecular weight is 275 g/mol. The predicted octanol–water partition coefficient (Wildman–Crippen LogP) is 2.21. The van der Waals surface area contributed by atoms with Gasteiger partial charge in [0.1, 0.15) is 6.04 Å². The molecular weight excluding hydrogens is 260 g/mol. The Morgan fingerprint density at radius 3 is 2.72 bits per heavy atom. The molecule has 0 bridgehead atoms. The second-order valence-corrected chi connectivity index (χ2v) is 4.61. The number of nitrogens with one attached hydrogen (secondary N) is 1. The molecule has 0 fully saturated rings. The van der Waals surface area contributed by atoms with E-state index in [4.69, 9.17) is 0 Å². The van der Waals surface area contributed by atoms with Gasteiger partial charge in [0.15, 0.2) is 11.6 Å². The van der Waals surface area contributed by atoms with Crippen LogP contribution in [-0.2, 0) is 9.53 Å². The highest BCUT2D eigenvalue weighted by atomic mass is 32.2. The lowest BCUT2D eigenvalue weighted by Gasteiger charge is -2.14. The van der Waals surface area contributed by atoms with Crippen LogP contribution in [0.25, 0.3) is 0 Å². The van der Waals surface area contributed by atoms with Crippen LogP contribution >= 0.6 is 11.8 Å². The van der Waals surface area contributed by atoms with Gasteiger partial charge in [-0.1, -0.05) is 6.92 Å². The van der Waals surface area contributed by atoms with Crippen LogP contribution in [-0.4, -0.2) is 31.4 Å². The molecule has 1 N–H and O–H groups in total. The summed E-state index contributed by atoms with van der Waals surface area (Å²) >= 11 is 1.27. The van der Waals surface area contributed by atoms with Gasteiger partial charge in [0.2, 0.25) is 0 Å². The monoisotopic (exact) mass is 275 g/mol. The molecule has 1 unspecified atom stereocenters. The molecule has 0 aliphatic rings. The molecule has 0 amide bonds. The normalized spacial score (nSPS) is 12.2. The molecule has 0 saturated carbocycles. The molecule has 1 atom stereocenters. The summed E-state index contributed by atoms with van der Waals surface area (Å²) in [6, 6.07) is 3.19. The van der Waals surface area contributed by atoms with Crippen molar-refractivity contribution < 1.29 is 18.3 Å². The quantitative estimate of drug-likeness (QED) is 0.638. The van der Waals surface area contributed by atoms with Crippen molar-refractivity contribution in [1.82, 2.24) is 5.32 Å². The van der Waals surface area contributed by atoms with Crippen molar-refractivity contribution in [3.63, 3.8) is 0 Å². The van der Waals surface area contributed by atoms with Crippen LogP contribution < -0.4 is 5.32 Å². The largest absolute Gasteiger partial charge is 0.468 e. The smallest absolute Gasteiger partial charge is 0.323 e. The van der Waals surface area contributed by atoms with Crippen LogP contribution in [0, 0.1) is 11.6 Å². The number of benzene rings is 1. The standard InChI is InChI=1S/C12H15F2NO2S/c1-3-15-11(12(16)17-2)7-18-8-4-5-9(13)10(14)6-8/h4-6,11,15H,3,7H2,1-2H3. The van der Waals surface area contributed by atoms with Crippen LogP contribution in [0.4, 0.5) is 8.78 Å². The molecule has 18 heavy (non-hydrogen) atoms. The van der Waals surface area contributed by atoms with Gasteiger partial charge in [0.25, 0.3) is 0 Å². The third-order valence-corrected chi connectivity index (χ3v) is 3.33. The number of rotatable bonds is 6. The molecule has 0 aliphatic heterocycles. The Hall–Kier alpha value is -1.14. The molecule has 6 heteroatoms. The Balaban J connectivity index is 2.60. The minimum Gasteiger partial charge on any atom is -0.468 e. The van der Waals surface area contributed by atoms with E-state index in [0.29, 0.717) is 17.2 Å². The number of ether oxygens (including phenoxy) is 1. The SMILES string of the molecule is CCNC(CSc1ccc(F)c(F)c1)C(=O)OC.